The van der Waals surface area contributed by atoms with Crippen LogP contribution in [-0.2, 0) is 6.54 Å². The molecule has 0 aliphatic carbocycles. The molecule has 1 N–H and O–H groups in total. The molecule has 0 aliphatic rings. The Morgan fingerprint density at radius 2 is 2.29 bits per heavy atom. The molecule has 0 aliphatic heterocycles. The smallest absolute Gasteiger partial charge is 0.123 e. The average molecular weight is 250 g/mol. The van der Waals surface area contributed by atoms with E-state index in [1.54, 1.807) is 23.5 Å². The van der Waals surface area contributed by atoms with E-state index in [0.717, 1.165) is 11.3 Å². The number of thiazole rings is 1. The van der Waals surface area contributed by atoms with Crippen LogP contribution in [0.1, 0.15) is 29.1 Å². The Labute approximate surface area is 105 Å². The van der Waals surface area contributed by atoms with Gasteiger partial charge in [0.15, 0.2) is 0 Å². The van der Waals surface area contributed by atoms with Gasteiger partial charge >= 0.3 is 0 Å². The van der Waals surface area contributed by atoms with Crippen LogP contribution >= 0.6 is 11.3 Å². The summed E-state index contributed by atoms with van der Waals surface area (Å²) in [6, 6.07) is 6.90. The van der Waals surface area contributed by atoms with E-state index in [9.17, 15) is 4.39 Å². The van der Waals surface area contributed by atoms with E-state index in [1.165, 1.54) is 10.9 Å². The van der Waals surface area contributed by atoms with Crippen LogP contribution in [0.2, 0.25) is 0 Å². The maximum Gasteiger partial charge on any atom is 0.123 e. The number of nitrogens with one attached hydrogen (secondary N) is 1. The van der Waals surface area contributed by atoms with Gasteiger partial charge < -0.3 is 5.32 Å². The number of nitrogens with zero attached hydrogens (tertiary/aromatic N) is 1. The molecule has 2 aromatic rings. The molecule has 1 atom stereocenters. The Bertz CT molecular complexity index is 496. The van der Waals surface area contributed by atoms with Crippen molar-refractivity contribution in [2.45, 2.75) is 26.4 Å². The second kappa shape index (κ2) is 5.38. The normalized spacial score (nSPS) is 12.6. The van der Waals surface area contributed by atoms with Crippen molar-refractivity contribution in [3.63, 3.8) is 0 Å². The molecule has 0 spiro atoms. The van der Waals surface area contributed by atoms with Crippen molar-refractivity contribution in [1.29, 1.82) is 0 Å². The Morgan fingerprint density at radius 3 is 2.94 bits per heavy atom. The second-order valence-electron chi connectivity index (χ2n) is 4.03. The molecule has 2 rings (SSSR count). The van der Waals surface area contributed by atoms with Crippen LogP contribution in [0.4, 0.5) is 4.39 Å². The second-order valence-corrected chi connectivity index (χ2v) is 4.92. The number of aryl methyl sites for hydroxylation is 1. The van der Waals surface area contributed by atoms with Crippen LogP contribution in [0.25, 0.3) is 0 Å². The highest BCUT2D eigenvalue weighted by atomic mass is 32.1. The summed E-state index contributed by atoms with van der Waals surface area (Å²) in [5.41, 5.74) is 3.87. The van der Waals surface area contributed by atoms with Gasteiger partial charge in [0.2, 0.25) is 0 Å². The lowest BCUT2D eigenvalue weighted by atomic mass is 10.2. The van der Waals surface area contributed by atoms with Gasteiger partial charge in [0.1, 0.15) is 5.82 Å². The molecule has 0 bridgehead atoms. The molecule has 0 saturated carbocycles. The zero-order valence-corrected chi connectivity index (χ0v) is 10.7. The minimum absolute atomic E-state index is 0.189. The first-order chi connectivity index (χ1) is 8.16. The lowest BCUT2D eigenvalue weighted by Crippen LogP contribution is -2.17. The zero-order chi connectivity index (χ0) is 12.3. The van der Waals surface area contributed by atoms with Crippen molar-refractivity contribution >= 4 is 11.3 Å². The molecule has 1 heterocycles. The molecule has 0 amide bonds. The summed E-state index contributed by atoms with van der Waals surface area (Å²) in [4.78, 5) is 5.46. The third-order valence-electron chi connectivity index (χ3n) is 2.68. The fourth-order valence-electron chi connectivity index (χ4n) is 1.74. The first-order valence-corrected chi connectivity index (χ1v) is 6.42. The minimum atomic E-state index is -0.189. The Kier molecular flexibility index (Phi) is 3.86. The highest BCUT2D eigenvalue weighted by Gasteiger charge is 2.10. The summed E-state index contributed by atoms with van der Waals surface area (Å²) in [5.74, 6) is -0.189. The third-order valence-corrected chi connectivity index (χ3v) is 3.79. The Morgan fingerprint density at radius 1 is 1.47 bits per heavy atom. The lowest BCUT2D eigenvalue weighted by molar-refractivity contribution is 0.573. The molecule has 17 heavy (non-hydrogen) atoms. The fourth-order valence-corrected chi connectivity index (χ4v) is 2.57. The van der Waals surface area contributed by atoms with Crippen LogP contribution in [0.15, 0.2) is 29.8 Å². The highest BCUT2D eigenvalue weighted by molar-refractivity contribution is 7.09. The SMILES string of the molecule is Cc1ncsc1C(C)NCc1cccc(F)c1. The molecule has 1 aromatic carbocycles. The summed E-state index contributed by atoms with van der Waals surface area (Å²) in [6.45, 7) is 4.77. The van der Waals surface area contributed by atoms with E-state index >= 15 is 0 Å². The number of hydrogen-bond donors (Lipinski definition) is 1. The van der Waals surface area contributed by atoms with Crippen LogP contribution in [0, 0.1) is 12.7 Å². The quantitative estimate of drug-likeness (QED) is 0.899. The molecule has 2 nitrogen and oxygen atoms in total. The van der Waals surface area contributed by atoms with E-state index in [0.29, 0.717) is 6.54 Å². The molecular formula is C13H15FN2S. The minimum Gasteiger partial charge on any atom is -0.305 e. The van der Waals surface area contributed by atoms with Crippen molar-refractivity contribution in [3.8, 4) is 0 Å². The van der Waals surface area contributed by atoms with E-state index in [1.807, 2.05) is 18.5 Å². The predicted octanol–water partition coefficient (Wildman–Crippen LogP) is 3.44. The number of halogens is 1. The van der Waals surface area contributed by atoms with Crippen LogP contribution in [-0.4, -0.2) is 4.98 Å². The van der Waals surface area contributed by atoms with Gasteiger partial charge in [0, 0.05) is 17.5 Å². The largest absolute Gasteiger partial charge is 0.305 e. The molecule has 1 unspecified atom stereocenters. The van der Waals surface area contributed by atoms with Crippen LogP contribution in [0.3, 0.4) is 0 Å². The molecule has 0 fully saturated rings. The molecular weight excluding hydrogens is 235 g/mol. The van der Waals surface area contributed by atoms with E-state index in [2.05, 4.69) is 17.2 Å². The van der Waals surface area contributed by atoms with Crippen molar-refractivity contribution in [2.24, 2.45) is 0 Å². The van der Waals surface area contributed by atoms with Crippen LogP contribution in [0.5, 0.6) is 0 Å². The third kappa shape index (κ3) is 3.11. The molecule has 4 heteroatoms. The number of rotatable bonds is 4. The van der Waals surface area contributed by atoms with E-state index in [4.69, 9.17) is 0 Å². The van der Waals surface area contributed by atoms with Crippen molar-refractivity contribution in [3.05, 3.63) is 51.7 Å². The summed E-state index contributed by atoms with van der Waals surface area (Å²) >= 11 is 1.65. The van der Waals surface area contributed by atoms with Crippen LogP contribution < -0.4 is 5.32 Å². The van der Waals surface area contributed by atoms with E-state index < -0.39 is 0 Å². The van der Waals surface area contributed by atoms with Gasteiger partial charge in [-0.2, -0.15) is 0 Å². The van der Waals surface area contributed by atoms with Crippen molar-refractivity contribution < 1.29 is 4.39 Å². The molecule has 0 radical (unpaired) electrons. The topological polar surface area (TPSA) is 24.9 Å². The summed E-state index contributed by atoms with van der Waals surface area (Å²) in [7, 11) is 0. The maximum absolute atomic E-state index is 13.0. The standard InChI is InChI=1S/C13H15FN2S/c1-9(13-10(2)16-8-17-13)15-7-11-4-3-5-12(14)6-11/h3-6,8-9,15H,7H2,1-2H3. The van der Waals surface area contributed by atoms with Gasteiger partial charge in [-0.05, 0) is 31.5 Å². The average Bonchev–Trinajstić information content (AvgIpc) is 2.72. The number of benzene rings is 1. The maximum atomic E-state index is 13.0. The number of aromatic nitrogens is 1. The fraction of sp³-hybridized carbons (Fsp3) is 0.308. The molecule has 0 saturated heterocycles. The first-order valence-electron chi connectivity index (χ1n) is 5.54. The van der Waals surface area contributed by atoms with Gasteiger partial charge in [-0.1, -0.05) is 12.1 Å². The summed E-state index contributed by atoms with van der Waals surface area (Å²) in [5, 5.41) is 3.37. The van der Waals surface area contributed by atoms with E-state index in [-0.39, 0.29) is 11.9 Å². The summed E-state index contributed by atoms with van der Waals surface area (Å²) < 4.78 is 13.0. The Balaban J connectivity index is 1.97. The monoisotopic (exact) mass is 250 g/mol. The molecule has 90 valence electrons. The summed E-state index contributed by atoms with van der Waals surface area (Å²) in [6.07, 6.45) is 0. The van der Waals surface area contributed by atoms with Crippen molar-refractivity contribution in [1.82, 2.24) is 10.3 Å². The van der Waals surface area contributed by atoms with Gasteiger partial charge in [-0.15, -0.1) is 11.3 Å². The lowest BCUT2D eigenvalue weighted by Gasteiger charge is -2.12. The zero-order valence-electron chi connectivity index (χ0n) is 9.90. The van der Waals surface area contributed by atoms with Gasteiger partial charge in [0.25, 0.3) is 0 Å². The predicted molar refractivity (Wildman–Crippen MR) is 68.5 cm³/mol. The number of hydrogen-bond acceptors (Lipinski definition) is 3. The van der Waals surface area contributed by atoms with Crippen molar-refractivity contribution in [2.75, 3.05) is 0 Å². The van der Waals surface area contributed by atoms with Gasteiger partial charge in [-0.25, -0.2) is 9.37 Å². The highest BCUT2D eigenvalue weighted by Crippen LogP contribution is 2.21. The van der Waals surface area contributed by atoms with Gasteiger partial charge in [0.05, 0.1) is 11.2 Å². The van der Waals surface area contributed by atoms with Gasteiger partial charge in [-0.3, -0.25) is 0 Å². The Hall–Kier alpha value is -1.26. The first kappa shape index (κ1) is 12.2. The molecule has 1 aromatic heterocycles.